The molecule has 1 aromatic heterocycles. The molecule has 0 bridgehead atoms. The standard InChI is InChI=1S/C15H16N2O2S/c1-11-2-4-12(5-3-11)15(19)6-7-17(9-15)14(18)13-8-20-10-16-13/h2-5,8,10,19H,6-7,9H2,1H3. The molecule has 0 spiro atoms. The fraction of sp³-hybridized carbons (Fsp3) is 0.333. The van der Waals surface area contributed by atoms with Gasteiger partial charge in [-0.15, -0.1) is 11.3 Å². The topological polar surface area (TPSA) is 53.4 Å². The van der Waals surface area contributed by atoms with Gasteiger partial charge in [-0.1, -0.05) is 29.8 Å². The number of nitrogens with zero attached hydrogens (tertiary/aromatic N) is 2. The van der Waals surface area contributed by atoms with Crippen LogP contribution in [0.2, 0.25) is 0 Å². The van der Waals surface area contributed by atoms with Gasteiger partial charge in [0.15, 0.2) is 0 Å². The van der Waals surface area contributed by atoms with Crippen molar-refractivity contribution >= 4 is 17.2 Å². The van der Waals surface area contributed by atoms with Crippen molar-refractivity contribution in [3.63, 3.8) is 0 Å². The van der Waals surface area contributed by atoms with E-state index in [0.29, 0.717) is 25.2 Å². The fourth-order valence-electron chi connectivity index (χ4n) is 2.55. The summed E-state index contributed by atoms with van der Waals surface area (Å²) in [6.45, 7) is 2.90. The molecule has 1 unspecified atom stereocenters. The van der Waals surface area contributed by atoms with E-state index in [-0.39, 0.29) is 5.91 Å². The smallest absolute Gasteiger partial charge is 0.273 e. The minimum atomic E-state index is -0.945. The molecule has 1 fully saturated rings. The lowest BCUT2D eigenvalue weighted by molar-refractivity contribution is 0.0416. The third kappa shape index (κ3) is 2.34. The average Bonchev–Trinajstić information content (AvgIpc) is 3.09. The van der Waals surface area contributed by atoms with Crippen molar-refractivity contribution in [2.24, 2.45) is 0 Å². The molecular weight excluding hydrogens is 272 g/mol. The second-order valence-electron chi connectivity index (χ2n) is 5.25. The van der Waals surface area contributed by atoms with Gasteiger partial charge in [0.25, 0.3) is 5.91 Å². The van der Waals surface area contributed by atoms with Crippen molar-refractivity contribution in [3.05, 3.63) is 52.0 Å². The maximum atomic E-state index is 12.2. The summed E-state index contributed by atoms with van der Waals surface area (Å²) in [6, 6.07) is 7.84. The predicted octanol–water partition coefficient (Wildman–Crippen LogP) is 2.19. The zero-order valence-corrected chi connectivity index (χ0v) is 12.1. The number of β-amino-alcohol motifs (C(OH)–C–C–N with tert-alkyl or cyclic N) is 1. The van der Waals surface area contributed by atoms with Crippen molar-refractivity contribution in [3.8, 4) is 0 Å². The van der Waals surface area contributed by atoms with Crippen LogP contribution in [0, 0.1) is 6.92 Å². The summed E-state index contributed by atoms with van der Waals surface area (Å²) in [4.78, 5) is 18.0. The SMILES string of the molecule is Cc1ccc(C2(O)CCN(C(=O)c3cscn3)C2)cc1. The van der Waals surface area contributed by atoms with E-state index in [4.69, 9.17) is 0 Å². The number of hydrogen-bond donors (Lipinski definition) is 1. The van der Waals surface area contributed by atoms with Gasteiger partial charge in [-0.3, -0.25) is 4.79 Å². The van der Waals surface area contributed by atoms with Crippen molar-refractivity contribution in [2.75, 3.05) is 13.1 Å². The number of hydrogen-bond acceptors (Lipinski definition) is 4. The Kier molecular flexibility index (Phi) is 3.31. The van der Waals surface area contributed by atoms with E-state index in [0.717, 1.165) is 11.1 Å². The highest BCUT2D eigenvalue weighted by Crippen LogP contribution is 2.32. The molecule has 1 N–H and O–H groups in total. The number of benzene rings is 1. The molecule has 20 heavy (non-hydrogen) atoms. The molecule has 1 amide bonds. The lowest BCUT2D eigenvalue weighted by Gasteiger charge is -2.23. The van der Waals surface area contributed by atoms with Crippen molar-refractivity contribution in [1.82, 2.24) is 9.88 Å². The monoisotopic (exact) mass is 288 g/mol. The lowest BCUT2D eigenvalue weighted by atomic mass is 9.92. The van der Waals surface area contributed by atoms with Gasteiger partial charge in [-0.25, -0.2) is 4.98 Å². The normalized spacial score (nSPS) is 22.2. The molecule has 1 saturated heterocycles. The summed E-state index contributed by atoms with van der Waals surface area (Å²) >= 11 is 1.40. The van der Waals surface area contributed by atoms with Gasteiger partial charge in [0.05, 0.1) is 12.1 Å². The van der Waals surface area contributed by atoms with Crippen LogP contribution in [-0.4, -0.2) is 34.0 Å². The molecule has 0 saturated carbocycles. The van der Waals surface area contributed by atoms with Crippen LogP contribution in [0.3, 0.4) is 0 Å². The van der Waals surface area contributed by atoms with Crippen LogP contribution in [0.25, 0.3) is 0 Å². The zero-order chi connectivity index (χ0) is 14.2. The van der Waals surface area contributed by atoms with Gasteiger partial charge in [-0.2, -0.15) is 0 Å². The summed E-state index contributed by atoms with van der Waals surface area (Å²) in [5, 5.41) is 12.5. The number of thiazole rings is 1. The second-order valence-corrected chi connectivity index (χ2v) is 5.97. The number of aromatic nitrogens is 1. The average molecular weight is 288 g/mol. The quantitative estimate of drug-likeness (QED) is 0.921. The van der Waals surface area contributed by atoms with Crippen LogP contribution in [0.5, 0.6) is 0 Å². The highest BCUT2D eigenvalue weighted by atomic mass is 32.1. The molecule has 0 aliphatic carbocycles. The van der Waals surface area contributed by atoms with Gasteiger partial charge in [0, 0.05) is 11.9 Å². The summed E-state index contributed by atoms with van der Waals surface area (Å²) in [6.07, 6.45) is 0.561. The number of likely N-dealkylation sites (tertiary alicyclic amines) is 1. The first-order chi connectivity index (χ1) is 9.58. The highest BCUT2D eigenvalue weighted by Gasteiger charge is 2.40. The van der Waals surface area contributed by atoms with E-state index in [1.807, 2.05) is 31.2 Å². The van der Waals surface area contributed by atoms with Gasteiger partial charge in [0.2, 0.25) is 0 Å². The van der Waals surface area contributed by atoms with Gasteiger partial charge in [-0.05, 0) is 18.9 Å². The Morgan fingerprint density at radius 2 is 2.15 bits per heavy atom. The third-order valence-electron chi connectivity index (χ3n) is 3.78. The largest absolute Gasteiger partial charge is 0.383 e. The van der Waals surface area contributed by atoms with Crippen molar-refractivity contribution in [2.45, 2.75) is 18.9 Å². The van der Waals surface area contributed by atoms with E-state index in [9.17, 15) is 9.90 Å². The molecule has 4 nitrogen and oxygen atoms in total. The maximum Gasteiger partial charge on any atom is 0.273 e. The number of amides is 1. The van der Waals surface area contributed by atoms with Gasteiger partial charge in [0.1, 0.15) is 11.3 Å². The second kappa shape index (κ2) is 5.00. The minimum Gasteiger partial charge on any atom is -0.383 e. The molecule has 2 aromatic rings. The van der Waals surface area contributed by atoms with Crippen LogP contribution in [-0.2, 0) is 5.60 Å². The minimum absolute atomic E-state index is 0.103. The van der Waals surface area contributed by atoms with E-state index >= 15 is 0 Å². The number of aliphatic hydroxyl groups is 1. The van der Waals surface area contributed by atoms with Crippen molar-refractivity contribution < 1.29 is 9.90 Å². The summed E-state index contributed by atoms with van der Waals surface area (Å²) in [5.41, 5.74) is 3.19. The molecule has 2 heterocycles. The Morgan fingerprint density at radius 1 is 1.40 bits per heavy atom. The first-order valence-corrected chi connectivity index (χ1v) is 7.50. The number of carbonyl (C=O) groups excluding carboxylic acids is 1. The van der Waals surface area contributed by atoms with Crippen molar-refractivity contribution in [1.29, 1.82) is 0 Å². The molecule has 1 atom stereocenters. The molecule has 1 aliphatic heterocycles. The molecule has 1 aromatic carbocycles. The molecule has 1 aliphatic rings. The van der Waals surface area contributed by atoms with E-state index < -0.39 is 5.60 Å². The number of carbonyl (C=O) groups is 1. The number of aryl methyl sites for hydroxylation is 1. The Balaban J connectivity index is 1.78. The van der Waals surface area contributed by atoms with E-state index in [2.05, 4.69) is 4.98 Å². The highest BCUT2D eigenvalue weighted by molar-refractivity contribution is 7.07. The lowest BCUT2D eigenvalue weighted by Crippen LogP contribution is -2.34. The van der Waals surface area contributed by atoms with E-state index in [1.54, 1.807) is 15.8 Å². The summed E-state index contributed by atoms with van der Waals surface area (Å²) < 4.78 is 0. The first kappa shape index (κ1) is 13.3. The fourth-order valence-corrected chi connectivity index (χ4v) is 3.07. The van der Waals surface area contributed by atoms with E-state index in [1.165, 1.54) is 11.3 Å². The Labute approximate surface area is 121 Å². The zero-order valence-electron chi connectivity index (χ0n) is 11.2. The molecular formula is C15H16N2O2S. The third-order valence-corrected chi connectivity index (χ3v) is 4.36. The summed E-state index contributed by atoms with van der Waals surface area (Å²) in [7, 11) is 0. The molecule has 104 valence electrons. The molecule has 5 heteroatoms. The Hall–Kier alpha value is -1.72. The molecule has 3 rings (SSSR count). The van der Waals surface area contributed by atoms with Crippen LogP contribution < -0.4 is 0 Å². The number of rotatable bonds is 2. The van der Waals surface area contributed by atoms with Crippen LogP contribution in [0.15, 0.2) is 35.2 Å². The summed E-state index contributed by atoms with van der Waals surface area (Å²) in [5.74, 6) is -0.103. The maximum absolute atomic E-state index is 12.2. The Morgan fingerprint density at radius 3 is 2.80 bits per heavy atom. The van der Waals surface area contributed by atoms with Gasteiger partial charge >= 0.3 is 0 Å². The molecule has 0 radical (unpaired) electrons. The van der Waals surface area contributed by atoms with Crippen LogP contribution >= 0.6 is 11.3 Å². The first-order valence-electron chi connectivity index (χ1n) is 6.55. The van der Waals surface area contributed by atoms with Crippen LogP contribution in [0.4, 0.5) is 0 Å². The van der Waals surface area contributed by atoms with Crippen LogP contribution in [0.1, 0.15) is 28.0 Å². The Bertz CT molecular complexity index is 609. The van der Waals surface area contributed by atoms with Gasteiger partial charge < -0.3 is 10.0 Å². The predicted molar refractivity (Wildman–Crippen MR) is 77.7 cm³/mol.